The number of rotatable bonds is 5. The van der Waals surface area contributed by atoms with Crippen LogP contribution in [0.3, 0.4) is 0 Å². The zero-order chi connectivity index (χ0) is 17.2. The van der Waals surface area contributed by atoms with Crippen molar-refractivity contribution in [1.29, 1.82) is 0 Å². The minimum atomic E-state index is -0.385. The number of hydrogen-bond acceptors (Lipinski definition) is 5. The predicted octanol–water partition coefficient (Wildman–Crippen LogP) is 3.16. The number of amides is 1. The van der Waals surface area contributed by atoms with Gasteiger partial charge in [-0.05, 0) is 31.2 Å². The molecule has 0 fully saturated rings. The molecule has 1 aromatic carbocycles. The third-order valence-electron chi connectivity index (χ3n) is 4.04. The molecule has 0 unspecified atom stereocenters. The quantitative estimate of drug-likeness (QED) is 0.605. The Morgan fingerprint density at radius 3 is 2.96 bits per heavy atom. The van der Waals surface area contributed by atoms with Crippen molar-refractivity contribution in [2.75, 3.05) is 0 Å². The molecule has 7 nitrogen and oxygen atoms in total. The van der Waals surface area contributed by atoms with Crippen LogP contribution in [0.2, 0.25) is 0 Å². The number of furan rings is 1. The minimum absolute atomic E-state index is 0.120. The van der Waals surface area contributed by atoms with Gasteiger partial charge in [-0.25, -0.2) is 4.98 Å². The maximum Gasteiger partial charge on any atom is 0.243 e. The van der Waals surface area contributed by atoms with Crippen molar-refractivity contribution in [3.63, 3.8) is 0 Å². The molecule has 7 heteroatoms. The van der Waals surface area contributed by atoms with E-state index in [9.17, 15) is 4.79 Å². The highest BCUT2D eigenvalue weighted by Crippen LogP contribution is 2.21. The summed E-state index contributed by atoms with van der Waals surface area (Å²) in [5.74, 6) is 1.01. The molecular weight excluding hydrogens is 320 g/mol. The van der Waals surface area contributed by atoms with Gasteiger partial charge in [0.2, 0.25) is 11.7 Å². The van der Waals surface area contributed by atoms with Gasteiger partial charge in [0.1, 0.15) is 11.7 Å². The van der Waals surface area contributed by atoms with E-state index in [0.29, 0.717) is 17.2 Å². The van der Waals surface area contributed by atoms with Crippen LogP contribution in [0.25, 0.3) is 22.6 Å². The molecule has 1 N–H and O–H groups in total. The number of carbonyl (C=O) groups excluding carboxylic acids is 1. The molecular formula is C18H16N4O3. The van der Waals surface area contributed by atoms with Crippen LogP contribution in [-0.2, 0) is 11.3 Å². The summed E-state index contributed by atoms with van der Waals surface area (Å²) in [4.78, 5) is 16.8. The molecule has 1 atom stereocenters. The number of hydrogen-bond donors (Lipinski definition) is 1. The Kier molecular flexibility index (Phi) is 3.81. The van der Waals surface area contributed by atoms with Crippen LogP contribution >= 0.6 is 0 Å². The minimum Gasteiger partial charge on any atom is -0.461 e. The Morgan fingerprint density at radius 1 is 1.24 bits per heavy atom. The Balaban J connectivity index is 1.43. The van der Waals surface area contributed by atoms with Crippen LogP contribution in [0.5, 0.6) is 0 Å². The van der Waals surface area contributed by atoms with Crippen molar-refractivity contribution >= 4 is 16.9 Å². The molecule has 0 aliphatic heterocycles. The summed E-state index contributed by atoms with van der Waals surface area (Å²) in [6.45, 7) is 2.11. The first kappa shape index (κ1) is 15.2. The molecule has 126 valence electrons. The first-order chi connectivity index (χ1) is 12.2. The van der Waals surface area contributed by atoms with Crippen LogP contribution < -0.4 is 5.32 Å². The standard InChI is InChI=1S/C18H16N4O3/c1-12(22-11-20-14-5-2-3-6-15(14)22)18(23)19-10-13-9-17(25-21-13)16-7-4-8-24-16/h2-9,11-12H,10H2,1H3,(H,19,23)/t12-/m0/s1. The Hall–Kier alpha value is -3.35. The zero-order valence-corrected chi connectivity index (χ0v) is 13.5. The highest BCUT2D eigenvalue weighted by Gasteiger charge is 2.17. The molecule has 3 heterocycles. The van der Waals surface area contributed by atoms with Crippen LogP contribution in [-0.4, -0.2) is 20.6 Å². The predicted molar refractivity (Wildman–Crippen MR) is 90.5 cm³/mol. The van der Waals surface area contributed by atoms with Crippen molar-refractivity contribution in [3.8, 4) is 11.5 Å². The van der Waals surface area contributed by atoms with Crippen LogP contribution in [0.15, 0.2) is 64.0 Å². The second kappa shape index (κ2) is 6.27. The van der Waals surface area contributed by atoms with E-state index in [4.69, 9.17) is 8.94 Å². The van der Waals surface area contributed by atoms with Gasteiger partial charge < -0.3 is 18.8 Å². The van der Waals surface area contributed by atoms with E-state index in [1.165, 1.54) is 0 Å². The molecule has 3 aromatic heterocycles. The molecule has 0 aliphatic carbocycles. The fraction of sp³-hybridized carbons (Fsp3) is 0.167. The van der Waals surface area contributed by atoms with Crippen molar-refractivity contribution in [3.05, 3.63) is 60.7 Å². The van der Waals surface area contributed by atoms with E-state index in [1.54, 1.807) is 30.8 Å². The fourth-order valence-electron chi connectivity index (χ4n) is 2.67. The topological polar surface area (TPSA) is 86.1 Å². The summed E-state index contributed by atoms with van der Waals surface area (Å²) < 4.78 is 12.3. The number of carbonyl (C=O) groups is 1. The van der Waals surface area contributed by atoms with Gasteiger partial charge in [-0.2, -0.15) is 0 Å². The lowest BCUT2D eigenvalue weighted by atomic mass is 10.2. The summed E-state index contributed by atoms with van der Waals surface area (Å²) in [5.41, 5.74) is 2.41. The normalized spacial score (nSPS) is 12.4. The third kappa shape index (κ3) is 2.91. The van der Waals surface area contributed by atoms with Gasteiger partial charge in [-0.3, -0.25) is 4.79 Å². The zero-order valence-electron chi connectivity index (χ0n) is 13.5. The number of imidazole rings is 1. The van der Waals surface area contributed by atoms with Crippen LogP contribution in [0.4, 0.5) is 0 Å². The Labute approximate surface area is 143 Å². The van der Waals surface area contributed by atoms with Crippen molar-refractivity contribution in [2.45, 2.75) is 19.5 Å². The molecule has 0 aliphatic rings. The van der Waals surface area contributed by atoms with Crippen molar-refractivity contribution in [2.24, 2.45) is 0 Å². The largest absolute Gasteiger partial charge is 0.461 e. The number of nitrogens with one attached hydrogen (secondary N) is 1. The molecule has 0 saturated heterocycles. The lowest BCUT2D eigenvalue weighted by Crippen LogP contribution is -2.30. The average molecular weight is 336 g/mol. The summed E-state index contributed by atoms with van der Waals surface area (Å²) in [6.07, 6.45) is 3.25. The maximum atomic E-state index is 12.5. The molecule has 4 rings (SSSR count). The van der Waals surface area contributed by atoms with E-state index >= 15 is 0 Å². The van der Waals surface area contributed by atoms with E-state index in [2.05, 4.69) is 15.5 Å². The van der Waals surface area contributed by atoms with E-state index in [1.807, 2.05) is 35.8 Å². The second-order valence-electron chi connectivity index (χ2n) is 5.69. The lowest BCUT2D eigenvalue weighted by molar-refractivity contribution is -0.124. The SMILES string of the molecule is C[C@@H](C(=O)NCc1cc(-c2ccco2)on1)n1cnc2ccccc21. The third-order valence-corrected chi connectivity index (χ3v) is 4.04. The summed E-state index contributed by atoms with van der Waals surface area (Å²) in [5, 5.41) is 6.82. The monoisotopic (exact) mass is 336 g/mol. The molecule has 0 spiro atoms. The van der Waals surface area contributed by atoms with Crippen LogP contribution in [0.1, 0.15) is 18.7 Å². The smallest absolute Gasteiger partial charge is 0.243 e. The Bertz CT molecular complexity index is 1000. The van der Waals surface area contributed by atoms with E-state index in [0.717, 1.165) is 11.0 Å². The van der Waals surface area contributed by atoms with Crippen LogP contribution in [0, 0.1) is 0 Å². The maximum absolute atomic E-state index is 12.5. The number of para-hydroxylation sites is 2. The van der Waals surface area contributed by atoms with Crippen molar-refractivity contribution < 1.29 is 13.7 Å². The van der Waals surface area contributed by atoms with E-state index < -0.39 is 0 Å². The molecule has 0 saturated carbocycles. The molecule has 4 aromatic rings. The molecule has 0 radical (unpaired) electrons. The first-order valence-electron chi connectivity index (χ1n) is 7.91. The lowest BCUT2D eigenvalue weighted by Gasteiger charge is -2.13. The average Bonchev–Trinajstić information content (AvgIpc) is 3.38. The summed E-state index contributed by atoms with van der Waals surface area (Å²) in [6, 6.07) is 12.6. The molecule has 25 heavy (non-hydrogen) atoms. The number of aromatic nitrogens is 3. The van der Waals surface area contributed by atoms with Gasteiger partial charge in [0, 0.05) is 6.07 Å². The highest BCUT2D eigenvalue weighted by molar-refractivity contribution is 5.83. The number of nitrogens with zero attached hydrogens (tertiary/aromatic N) is 3. The van der Waals surface area contributed by atoms with Gasteiger partial charge in [-0.1, -0.05) is 17.3 Å². The highest BCUT2D eigenvalue weighted by atomic mass is 16.5. The number of benzene rings is 1. The van der Waals surface area contributed by atoms with E-state index in [-0.39, 0.29) is 18.5 Å². The van der Waals surface area contributed by atoms with Crippen molar-refractivity contribution in [1.82, 2.24) is 20.0 Å². The summed E-state index contributed by atoms with van der Waals surface area (Å²) in [7, 11) is 0. The van der Waals surface area contributed by atoms with Gasteiger partial charge in [0.15, 0.2) is 5.76 Å². The first-order valence-corrected chi connectivity index (χ1v) is 7.91. The Morgan fingerprint density at radius 2 is 2.12 bits per heavy atom. The second-order valence-corrected chi connectivity index (χ2v) is 5.69. The van der Waals surface area contributed by atoms with Gasteiger partial charge >= 0.3 is 0 Å². The fourth-order valence-corrected chi connectivity index (χ4v) is 2.67. The van der Waals surface area contributed by atoms with Gasteiger partial charge in [0.25, 0.3) is 0 Å². The summed E-state index contributed by atoms with van der Waals surface area (Å²) >= 11 is 0. The van der Waals surface area contributed by atoms with Gasteiger partial charge in [0.05, 0.1) is 30.2 Å². The van der Waals surface area contributed by atoms with Gasteiger partial charge in [-0.15, -0.1) is 0 Å². The molecule has 1 amide bonds. The number of fused-ring (bicyclic) bond motifs is 1. The molecule has 0 bridgehead atoms.